The van der Waals surface area contributed by atoms with Crippen LogP contribution in [0.5, 0.6) is 0 Å². The minimum Gasteiger partial charge on any atom is -0.272 e. The highest BCUT2D eigenvalue weighted by molar-refractivity contribution is 8.01. The molecule has 1 saturated heterocycles. The Kier molecular flexibility index (Phi) is 2.92. The van der Waals surface area contributed by atoms with E-state index in [1.165, 1.54) is 11.8 Å². The lowest BCUT2D eigenvalue weighted by Gasteiger charge is -2.34. The summed E-state index contributed by atoms with van der Waals surface area (Å²) in [7, 11) is -4.37. The second-order valence-electron chi connectivity index (χ2n) is 3.27. The average molecular weight is 259 g/mol. The molecule has 0 bridgehead atoms. The summed E-state index contributed by atoms with van der Waals surface area (Å²) in [6.07, 6.45) is 0. The van der Waals surface area contributed by atoms with Crippen molar-refractivity contribution in [1.82, 2.24) is 4.31 Å². The van der Waals surface area contributed by atoms with Crippen LogP contribution < -0.4 is 0 Å². The summed E-state index contributed by atoms with van der Waals surface area (Å²) < 4.78 is 30.5. The molecule has 1 fully saturated rings. The standard InChI is InChI=1S/C9H9NO4S2/c11-9-8(6-10(9)16(12,13)14)15-7-4-2-1-3-5-7/h1-5,8H,6H2,(H,12,13,14). The van der Waals surface area contributed by atoms with Crippen molar-refractivity contribution in [3.63, 3.8) is 0 Å². The molecule has 1 aromatic carbocycles. The summed E-state index contributed by atoms with van der Waals surface area (Å²) in [5.74, 6) is -0.573. The molecular formula is C9H9NO4S2. The van der Waals surface area contributed by atoms with Crippen molar-refractivity contribution in [3.05, 3.63) is 30.3 Å². The second kappa shape index (κ2) is 4.08. The summed E-state index contributed by atoms with van der Waals surface area (Å²) in [6, 6.07) is 9.22. The highest BCUT2D eigenvalue weighted by atomic mass is 32.2. The number of rotatable bonds is 3. The maximum atomic E-state index is 11.4. The lowest BCUT2D eigenvalue weighted by Crippen LogP contribution is -2.56. The zero-order valence-electron chi connectivity index (χ0n) is 8.11. The Balaban J connectivity index is 2.00. The number of carbonyl (C=O) groups excluding carboxylic acids is 1. The normalized spacial score (nSPS) is 20.7. The molecule has 1 aromatic rings. The number of hydrogen-bond donors (Lipinski definition) is 1. The van der Waals surface area contributed by atoms with Crippen LogP contribution in [0.15, 0.2) is 35.2 Å². The SMILES string of the molecule is O=C1C(Sc2ccccc2)CN1S(=O)(=O)O. The quantitative estimate of drug-likeness (QED) is 0.641. The van der Waals surface area contributed by atoms with Gasteiger partial charge in [-0.2, -0.15) is 8.42 Å². The molecule has 16 heavy (non-hydrogen) atoms. The van der Waals surface area contributed by atoms with E-state index >= 15 is 0 Å². The van der Waals surface area contributed by atoms with E-state index in [4.69, 9.17) is 4.55 Å². The zero-order chi connectivity index (χ0) is 11.8. The highest BCUT2D eigenvalue weighted by Gasteiger charge is 2.43. The molecule has 1 heterocycles. The molecule has 1 aliphatic heterocycles. The maximum Gasteiger partial charge on any atom is 0.362 e. The lowest BCUT2D eigenvalue weighted by molar-refractivity contribution is -0.132. The number of carbonyl (C=O) groups is 1. The predicted octanol–water partition coefficient (Wildman–Crippen LogP) is 0.792. The fraction of sp³-hybridized carbons (Fsp3) is 0.222. The van der Waals surface area contributed by atoms with Gasteiger partial charge in [-0.25, -0.2) is 4.31 Å². The summed E-state index contributed by atoms with van der Waals surface area (Å²) in [5.41, 5.74) is 0. The van der Waals surface area contributed by atoms with Crippen molar-refractivity contribution in [2.45, 2.75) is 10.1 Å². The Hall–Kier alpha value is -1.05. The average Bonchev–Trinajstić information content (AvgIpc) is 2.23. The van der Waals surface area contributed by atoms with Crippen molar-refractivity contribution in [3.8, 4) is 0 Å². The van der Waals surface area contributed by atoms with E-state index in [2.05, 4.69) is 0 Å². The van der Waals surface area contributed by atoms with Gasteiger partial charge in [0.2, 0.25) is 0 Å². The molecular weight excluding hydrogens is 250 g/mol. The molecule has 2 rings (SSSR count). The van der Waals surface area contributed by atoms with Crippen LogP contribution in [0.25, 0.3) is 0 Å². The Bertz CT molecular complexity index is 500. The molecule has 0 radical (unpaired) electrons. The third-order valence-electron chi connectivity index (χ3n) is 2.15. The Morgan fingerprint density at radius 2 is 1.94 bits per heavy atom. The van der Waals surface area contributed by atoms with E-state index in [-0.39, 0.29) is 6.54 Å². The molecule has 7 heteroatoms. The van der Waals surface area contributed by atoms with Crippen LogP contribution >= 0.6 is 11.8 Å². The number of hydrogen-bond acceptors (Lipinski definition) is 4. The molecule has 0 aromatic heterocycles. The molecule has 1 atom stereocenters. The van der Waals surface area contributed by atoms with Crippen LogP contribution in [-0.2, 0) is 15.1 Å². The van der Waals surface area contributed by atoms with Crippen LogP contribution in [0.4, 0.5) is 0 Å². The van der Waals surface area contributed by atoms with Gasteiger partial charge in [0.25, 0.3) is 5.91 Å². The van der Waals surface area contributed by atoms with Gasteiger partial charge >= 0.3 is 10.3 Å². The molecule has 1 aliphatic rings. The van der Waals surface area contributed by atoms with Gasteiger partial charge in [0.1, 0.15) is 5.25 Å². The van der Waals surface area contributed by atoms with E-state index in [1.807, 2.05) is 30.3 Å². The summed E-state index contributed by atoms with van der Waals surface area (Å²) in [6.45, 7) is 0.0250. The Morgan fingerprint density at radius 1 is 1.31 bits per heavy atom. The Morgan fingerprint density at radius 3 is 2.44 bits per heavy atom. The van der Waals surface area contributed by atoms with Crippen LogP contribution in [0.1, 0.15) is 0 Å². The summed E-state index contributed by atoms with van der Waals surface area (Å²) >= 11 is 1.29. The second-order valence-corrected chi connectivity index (χ2v) is 5.88. The van der Waals surface area contributed by atoms with Crippen molar-refractivity contribution >= 4 is 28.0 Å². The minimum atomic E-state index is -4.37. The number of β-lactam (4-membered cyclic amide) rings is 1. The van der Waals surface area contributed by atoms with Gasteiger partial charge in [0.05, 0.1) is 6.54 Å². The van der Waals surface area contributed by atoms with E-state index in [0.717, 1.165) is 4.90 Å². The van der Waals surface area contributed by atoms with E-state index in [0.29, 0.717) is 4.31 Å². The monoisotopic (exact) mass is 259 g/mol. The van der Waals surface area contributed by atoms with Gasteiger partial charge in [-0.05, 0) is 12.1 Å². The number of amides is 1. The van der Waals surface area contributed by atoms with E-state index in [9.17, 15) is 13.2 Å². The van der Waals surface area contributed by atoms with Gasteiger partial charge in [-0.1, -0.05) is 18.2 Å². The number of nitrogens with zero attached hydrogens (tertiary/aromatic N) is 1. The minimum absolute atomic E-state index is 0.0250. The first-order valence-corrected chi connectivity index (χ1v) is 6.77. The number of thioether (sulfide) groups is 1. The van der Waals surface area contributed by atoms with Gasteiger partial charge < -0.3 is 0 Å². The molecule has 1 N–H and O–H groups in total. The van der Waals surface area contributed by atoms with Crippen molar-refractivity contribution in [1.29, 1.82) is 0 Å². The molecule has 5 nitrogen and oxygen atoms in total. The van der Waals surface area contributed by atoms with E-state index in [1.54, 1.807) is 0 Å². The third kappa shape index (κ3) is 2.21. The molecule has 0 aliphatic carbocycles. The van der Waals surface area contributed by atoms with Crippen molar-refractivity contribution < 1.29 is 17.8 Å². The smallest absolute Gasteiger partial charge is 0.272 e. The van der Waals surface area contributed by atoms with Gasteiger partial charge in [-0.15, -0.1) is 11.8 Å². The van der Waals surface area contributed by atoms with Crippen LogP contribution in [0.3, 0.4) is 0 Å². The summed E-state index contributed by atoms with van der Waals surface area (Å²) in [4.78, 5) is 12.3. The van der Waals surface area contributed by atoms with Gasteiger partial charge in [0, 0.05) is 4.90 Å². The van der Waals surface area contributed by atoms with Crippen molar-refractivity contribution in [2.75, 3.05) is 6.54 Å². The lowest BCUT2D eigenvalue weighted by atomic mass is 10.3. The Labute approximate surface area is 97.3 Å². The predicted molar refractivity (Wildman–Crippen MR) is 59.3 cm³/mol. The largest absolute Gasteiger partial charge is 0.362 e. The summed E-state index contributed by atoms with van der Waals surface area (Å²) in [5, 5.41) is -0.427. The third-order valence-corrected chi connectivity index (χ3v) is 4.22. The molecule has 1 unspecified atom stereocenters. The first-order chi connectivity index (χ1) is 7.48. The first kappa shape index (κ1) is 11.4. The van der Waals surface area contributed by atoms with E-state index < -0.39 is 21.5 Å². The van der Waals surface area contributed by atoms with Crippen LogP contribution in [-0.4, -0.2) is 35.0 Å². The zero-order valence-corrected chi connectivity index (χ0v) is 9.74. The highest BCUT2D eigenvalue weighted by Crippen LogP contribution is 2.31. The van der Waals surface area contributed by atoms with Gasteiger partial charge in [0.15, 0.2) is 0 Å². The maximum absolute atomic E-state index is 11.4. The van der Waals surface area contributed by atoms with Crippen LogP contribution in [0, 0.1) is 0 Å². The van der Waals surface area contributed by atoms with Gasteiger partial charge in [-0.3, -0.25) is 9.35 Å². The first-order valence-electron chi connectivity index (χ1n) is 4.49. The topological polar surface area (TPSA) is 74.7 Å². The molecule has 1 amide bonds. The van der Waals surface area contributed by atoms with Crippen LogP contribution in [0.2, 0.25) is 0 Å². The molecule has 0 spiro atoms. The fourth-order valence-corrected chi connectivity index (χ4v) is 3.27. The fourth-order valence-electron chi connectivity index (χ4n) is 1.33. The van der Waals surface area contributed by atoms with Crippen molar-refractivity contribution in [2.24, 2.45) is 0 Å². The molecule has 86 valence electrons. The number of benzene rings is 1. The molecule has 0 saturated carbocycles.